The van der Waals surface area contributed by atoms with Gasteiger partial charge >= 0.3 is 0 Å². The summed E-state index contributed by atoms with van der Waals surface area (Å²) in [5.41, 5.74) is 1.52. The minimum absolute atomic E-state index is 0.229. The zero-order valence-corrected chi connectivity index (χ0v) is 16.8. The summed E-state index contributed by atoms with van der Waals surface area (Å²) in [6.07, 6.45) is 2.72. The Balaban J connectivity index is 1.90. The van der Waals surface area contributed by atoms with Crippen LogP contribution >= 0.6 is 0 Å². The van der Waals surface area contributed by atoms with Gasteiger partial charge in [0.2, 0.25) is 0 Å². The van der Waals surface area contributed by atoms with Gasteiger partial charge in [-0.1, -0.05) is 0 Å². The SMILES string of the molecule is CC(C)Nc1ncnc2cc(OCCCS(C)(=N)=O)c(C3OC(C)O3)cc12. The maximum absolute atomic E-state index is 11.5. The van der Waals surface area contributed by atoms with Gasteiger partial charge in [-0.2, -0.15) is 0 Å². The Morgan fingerprint density at radius 3 is 2.70 bits per heavy atom. The van der Waals surface area contributed by atoms with Crippen molar-refractivity contribution in [3.63, 3.8) is 0 Å². The predicted molar refractivity (Wildman–Crippen MR) is 104 cm³/mol. The number of nitrogens with zero attached hydrogens (tertiary/aromatic N) is 2. The van der Waals surface area contributed by atoms with Crippen LogP contribution in [-0.4, -0.2) is 45.1 Å². The first-order valence-electron chi connectivity index (χ1n) is 8.93. The first-order valence-corrected chi connectivity index (χ1v) is 11.1. The Kier molecular flexibility index (Phi) is 5.83. The van der Waals surface area contributed by atoms with Crippen molar-refractivity contribution in [3.8, 4) is 5.75 Å². The fraction of sp³-hybridized carbons (Fsp3) is 0.556. The third-order valence-corrected chi connectivity index (χ3v) is 5.08. The van der Waals surface area contributed by atoms with Gasteiger partial charge in [0.05, 0.1) is 17.7 Å². The van der Waals surface area contributed by atoms with Crippen LogP contribution in [-0.2, 0) is 19.2 Å². The molecule has 1 aromatic heterocycles. The second kappa shape index (κ2) is 7.95. The molecule has 1 aliphatic rings. The van der Waals surface area contributed by atoms with Gasteiger partial charge in [-0.3, -0.25) is 8.99 Å². The highest BCUT2D eigenvalue weighted by Crippen LogP contribution is 2.39. The van der Waals surface area contributed by atoms with Crippen molar-refractivity contribution in [3.05, 3.63) is 24.0 Å². The summed E-state index contributed by atoms with van der Waals surface area (Å²) in [5.74, 6) is 1.66. The van der Waals surface area contributed by atoms with E-state index >= 15 is 0 Å². The van der Waals surface area contributed by atoms with Crippen LogP contribution in [0.1, 0.15) is 39.0 Å². The van der Waals surface area contributed by atoms with Crippen molar-refractivity contribution < 1.29 is 18.4 Å². The molecule has 3 rings (SSSR count). The third kappa shape index (κ3) is 5.06. The molecule has 8 nitrogen and oxygen atoms in total. The maximum Gasteiger partial charge on any atom is 0.193 e. The molecule has 1 fully saturated rings. The lowest BCUT2D eigenvalue weighted by molar-refractivity contribution is -0.382. The van der Waals surface area contributed by atoms with E-state index in [1.54, 1.807) is 0 Å². The second-order valence-electron chi connectivity index (χ2n) is 7.01. The average Bonchev–Trinajstić information content (AvgIpc) is 2.54. The lowest BCUT2D eigenvalue weighted by Gasteiger charge is -2.34. The Hall–Kier alpha value is -1.97. The molecule has 2 N–H and O–H groups in total. The molecule has 2 aromatic rings. The number of hydrogen-bond donors (Lipinski definition) is 2. The lowest BCUT2D eigenvalue weighted by Crippen LogP contribution is -2.32. The van der Waals surface area contributed by atoms with Crippen LogP contribution in [0, 0.1) is 4.78 Å². The first-order chi connectivity index (χ1) is 12.7. The molecule has 0 spiro atoms. The minimum atomic E-state index is -2.52. The standard InChI is InChI=1S/C18H26N4O4S/c1-11(2)22-17-13-8-14(18-25-12(3)26-18)16(9-15(13)20-10-21-17)24-6-5-7-27(4,19)23/h8-12,18-19H,5-7H2,1-4H3,(H,20,21,22). The summed E-state index contributed by atoms with van der Waals surface area (Å²) in [6, 6.07) is 4.00. The second-order valence-corrected chi connectivity index (χ2v) is 9.43. The van der Waals surface area contributed by atoms with Crippen LogP contribution in [0.3, 0.4) is 0 Å². The number of ether oxygens (including phenoxy) is 3. The van der Waals surface area contributed by atoms with Crippen LogP contribution in [0.25, 0.3) is 10.9 Å². The van der Waals surface area contributed by atoms with Crippen LogP contribution in [0.4, 0.5) is 5.82 Å². The van der Waals surface area contributed by atoms with Gasteiger partial charge < -0.3 is 19.5 Å². The Labute approximate surface area is 159 Å². The molecule has 2 heterocycles. The molecule has 0 saturated carbocycles. The topological polar surface area (TPSA) is 106 Å². The molecule has 0 amide bonds. The number of nitrogens with one attached hydrogen (secondary N) is 2. The maximum atomic E-state index is 11.5. The molecule has 1 saturated heterocycles. The normalized spacial score (nSPS) is 21.7. The summed E-state index contributed by atoms with van der Waals surface area (Å²) >= 11 is 0. The van der Waals surface area contributed by atoms with Crippen molar-refractivity contribution in [1.29, 1.82) is 4.78 Å². The smallest absolute Gasteiger partial charge is 0.193 e. The van der Waals surface area contributed by atoms with E-state index in [-0.39, 0.29) is 12.3 Å². The molecule has 27 heavy (non-hydrogen) atoms. The van der Waals surface area contributed by atoms with Gasteiger partial charge in [-0.15, -0.1) is 0 Å². The highest BCUT2D eigenvalue weighted by Gasteiger charge is 2.31. The highest BCUT2D eigenvalue weighted by molar-refractivity contribution is 7.91. The van der Waals surface area contributed by atoms with Gasteiger partial charge in [0.15, 0.2) is 12.6 Å². The lowest BCUT2D eigenvalue weighted by atomic mass is 10.1. The van der Waals surface area contributed by atoms with Crippen molar-refractivity contribution in [2.45, 2.75) is 45.8 Å². The van der Waals surface area contributed by atoms with E-state index in [4.69, 9.17) is 19.0 Å². The summed E-state index contributed by atoms with van der Waals surface area (Å²) in [6.45, 7) is 6.28. The Morgan fingerprint density at radius 2 is 2.07 bits per heavy atom. The van der Waals surface area contributed by atoms with E-state index in [9.17, 15) is 4.21 Å². The average molecular weight is 394 g/mol. The summed E-state index contributed by atoms with van der Waals surface area (Å²) < 4.78 is 36.2. The molecule has 9 heteroatoms. The minimum Gasteiger partial charge on any atom is -0.493 e. The van der Waals surface area contributed by atoms with E-state index in [0.717, 1.165) is 22.3 Å². The van der Waals surface area contributed by atoms with Crippen molar-refractivity contribution >= 4 is 26.4 Å². The Morgan fingerprint density at radius 1 is 1.33 bits per heavy atom. The molecular formula is C18H26N4O4S. The number of benzene rings is 1. The molecule has 0 bridgehead atoms. The van der Waals surface area contributed by atoms with Gasteiger partial charge in [-0.25, -0.2) is 9.97 Å². The van der Waals surface area contributed by atoms with Gasteiger partial charge in [0, 0.05) is 39.2 Å². The van der Waals surface area contributed by atoms with Gasteiger partial charge in [0.1, 0.15) is 17.9 Å². The largest absolute Gasteiger partial charge is 0.493 e. The zero-order chi connectivity index (χ0) is 19.6. The molecular weight excluding hydrogens is 368 g/mol. The fourth-order valence-corrected chi connectivity index (χ4v) is 3.49. The van der Waals surface area contributed by atoms with E-state index in [1.807, 2.05) is 32.9 Å². The number of fused-ring (bicyclic) bond motifs is 1. The summed E-state index contributed by atoms with van der Waals surface area (Å²) in [7, 11) is -2.52. The van der Waals surface area contributed by atoms with E-state index in [2.05, 4.69) is 15.3 Å². The predicted octanol–water partition coefficient (Wildman–Crippen LogP) is 3.29. The zero-order valence-electron chi connectivity index (χ0n) is 16.0. The quantitative estimate of drug-likeness (QED) is 0.662. The number of anilines is 1. The summed E-state index contributed by atoms with van der Waals surface area (Å²) in [4.78, 5) is 8.69. The molecule has 1 aliphatic heterocycles. The van der Waals surface area contributed by atoms with Crippen LogP contribution in [0.2, 0.25) is 0 Å². The van der Waals surface area contributed by atoms with Crippen LogP contribution in [0.15, 0.2) is 18.5 Å². The van der Waals surface area contributed by atoms with E-state index in [1.165, 1.54) is 12.6 Å². The number of aromatic nitrogens is 2. The fourth-order valence-electron chi connectivity index (χ4n) is 2.82. The molecule has 1 unspecified atom stereocenters. The third-order valence-electron chi connectivity index (χ3n) is 4.01. The number of hydrogen-bond acceptors (Lipinski definition) is 8. The number of rotatable bonds is 8. The first kappa shape index (κ1) is 19.8. The monoisotopic (exact) mass is 394 g/mol. The van der Waals surface area contributed by atoms with Crippen LogP contribution in [0.5, 0.6) is 5.75 Å². The van der Waals surface area contributed by atoms with Gasteiger partial charge in [0.25, 0.3) is 0 Å². The molecule has 1 aromatic carbocycles. The Bertz CT molecular complexity index is 911. The molecule has 1 atom stereocenters. The van der Waals surface area contributed by atoms with Gasteiger partial charge in [-0.05, 0) is 33.3 Å². The van der Waals surface area contributed by atoms with Crippen molar-refractivity contribution in [2.75, 3.05) is 23.9 Å². The van der Waals surface area contributed by atoms with Crippen molar-refractivity contribution in [1.82, 2.24) is 9.97 Å². The molecule has 148 valence electrons. The van der Waals surface area contributed by atoms with Crippen molar-refractivity contribution in [2.24, 2.45) is 0 Å². The van der Waals surface area contributed by atoms with E-state index < -0.39 is 16.0 Å². The van der Waals surface area contributed by atoms with Crippen LogP contribution < -0.4 is 10.1 Å². The van der Waals surface area contributed by atoms with E-state index in [0.29, 0.717) is 24.5 Å². The summed E-state index contributed by atoms with van der Waals surface area (Å²) in [5, 5.41) is 4.18. The molecule has 0 aliphatic carbocycles. The molecule has 0 radical (unpaired) electrons. The highest BCUT2D eigenvalue weighted by atomic mass is 32.2.